The van der Waals surface area contributed by atoms with Gasteiger partial charge in [0.05, 0.1) is 15.6 Å². The highest BCUT2D eigenvalue weighted by atomic mass is 35.5. The Morgan fingerprint density at radius 2 is 1.95 bits per heavy atom. The smallest absolute Gasteiger partial charge is 0.246 e. The first-order valence-electron chi connectivity index (χ1n) is 6.99. The molecule has 2 aliphatic heterocycles. The maximum Gasteiger partial charge on any atom is 0.246 e. The van der Waals surface area contributed by atoms with Crippen LogP contribution in [-0.4, -0.2) is 47.6 Å². The number of ether oxygens (including phenoxy) is 1. The number of nitrogens with one attached hydrogen (secondary N) is 1. The second kappa shape index (κ2) is 6.08. The van der Waals surface area contributed by atoms with Crippen LogP contribution in [0.4, 0.5) is 0 Å². The van der Waals surface area contributed by atoms with Gasteiger partial charge in [0.15, 0.2) is 0 Å². The van der Waals surface area contributed by atoms with E-state index in [0.717, 1.165) is 31.5 Å². The van der Waals surface area contributed by atoms with Crippen LogP contribution in [0.1, 0.15) is 18.4 Å². The lowest BCUT2D eigenvalue weighted by atomic mass is 9.90. The highest BCUT2D eigenvalue weighted by Crippen LogP contribution is 2.30. The van der Waals surface area contributed by atoms with Gasteiger partial charge in [-0.25, -0.2) is 0 Å². The standard InChI is InChI=1S/C14H17Cl2N3O2/c15-11-5-17-6-12(16)10(11)7-19-3-1-14(2-4-19)9-18-13(20)8-21-14/h5-6H,1-4,7-9H2,(H,18,20). The normalized spacial score (nSPS) is 22.3. The number of likely N-dealkylation sites (tertiary alicyclic amines) is 1. The zero-order chi connectivity index (χ0) is 14.9. The molecule has 3 rings (SSSR count). The van der Waals surface area contributed by atoms with Gasteiger partial charge in [-0.05, 0) is 12.8 Å². The van der Waals surface area contributed by atoms with Crippen LogP contribution >= 0.6 is 23.2 Å². The van der Waals surface area contributed by atoms with E-state index in [-0.39, 0.29) is 18.1 Å². The Morgan fingerprint density at radius 3 is 2.52 bits per heavy atom. The number of piperidine rings is 1. The first-order valence-corrected chi connectivity index (χ1v) is 7.74. The molecule has 0 aliphatic carbocycles. The van der Waals surface area contributed by atoms with Crippen LogP contribution < -0.4 is 5.32 Å². The van der Waals surface area contributed by atoms with E-state index in [9.17, 15) is 4.79 Å². The molecule has 2 aliphatic rings. The number of nitrogens with zero attached hydrogens (tertiary/aromatic N) is 2. The number of rotatable bonds is 2. The highest BCUT2D eigenvalue weighted by Gasteiger charge is 2.38. The van der Waals surface area contributed by atoms with E-state index in [1.165, 1.54) is 0 Å². The summed E-state index contributed by atoms with van der Waals surface area (Å²) in [6.07, 6.45) is 5.03. The molecule has 1 spiro atoms. The molecule has 1 N–H and O–H groups in total. The molecule has 0 aromatic carbocycles. The summed E-state index contributed by atoms with van der Waals surface area (Å²) in [5.74, 6) is -0.0293. The van der Waals surface area contributed by atoms with Crippen molar-refractivity contribution in [2.45, 2.75) is 25.0 Å². The summed E-state index contributed by atoms with van der Waals surface area (Å²) >= 11 is 12.3. The third kappa shape index (κ3) is 3.31. The molecule has 1 amide bonds. The molecule has 2 fully saturated rings. The molecule has 1 aromatic heterocycles. The van der Waals surface area contributed by atoms with Gasteiger partial charge in [0, 0.05) is 44.1 Å². The van der Waals surface area contributed by atoms with Crippen LogP contribution in [0.5, 0.6) is 0 Å². The molecule has 0 radical (unpaired) electrons. The Morgan fingerprint density at radius 1 is 1.29 bits per heavy atom. The topological polar surface area (TPSA) is 54.5 Å². The van der Waals surface area contributed by atoms with Crippen molar-refractivity contribution in [3.05, 3.63) is 28.0 Å². The highest BCUT2D eigenvalue weighted by molar-refractivity contribution is 6.35. The molecule has 0 saturated carbocycles. The van der Waals surface area contributed by atoms with Gasteiger partial charge in [-0.1, -0.05) is 23.2 Å². The molecule has 5 nitrogen and oxygen atoms in total. The van der Waals surface area contributed by atoms with Crippen LogP contribution in [0.2, 0.25) is 10.0 Å². The number of morpholine rings is 1. The number of aromatic nitrogens is 1. The van der Waals surface area contributed by atoms with Gasteiger partial charge in [0.25, 0.3) is 0 Å². The van der Waals surface area contributed by atoms with Crippen molar-refractivity contribution in [1.82, 2.24) is 15.2 Å². The number of amides is 1. The molecule has 0 unspecified atom stereocenters. The van der Waals surface area contributed by atoms with Crippen molar-refractivity contribution >= 4 is 29.1 Å². The SMILES string of the molecule is O=C1COC2(CCN(Cc3c(Cl)cncc3Cl)CC2)CN1. The Balaban J connectivity index is 1.60. The first kappa shape index (κ1) is 15.0. The monoisotopic (exact) mass is 329 g/mol. The minimum Gasteiger partial charge on any atom is -0.363 e. The minimum absolute atomic E-state index is 0.0293. The molecule has 3 heterocycles. The second-order valence-corrected chi connectivity index (χ2v) is 6.42. The van der Waals surface area contributed by atoms with Crippen molar-refractivity contribution in [2.24, 2.45) is 0 Å². The summed E-state index contributed by atoms with van der Waals surface area (Å²) in [4.78, 5) is 17.5. The average molecular weight is 330 g/mol. The van der Waals surface area contributed by atoms with Crippen molar-refractivity contribution in [3.8, 4) is 0 Å². The van der Waals surface area contributed by atoms with E-state index in [2.05, 4.69) is 15.2 Å². The van der Waals surface area contributed by atoms with Crippen molar-refractivity contribution in [2.75, 3.05) is 26.2 Å². The third-order valence-electron chi connectivity index (χ3n) is 4.22. The van der Waals surface area contributed by atoms with Gasteiger partial charge < -0.3 is 10.1 Å². The maximum atomic E-state index is 11.2. The van der Waals surface area contributed by atoms with Crippen LogP contribution in [0.15, 0.2) is 12.4 Å². The summed E-state index contributed by atoms with van der Waals surface area (Å²) in [5.41, 5.74) is 0.720. The van der Waals surface area contributed by atoms with Gasteiger partial charge in [-0.2, -0.15) is 0 Å². The lowest BCUT2D eigenvalue weighted by Crippen LogP contribution is -2.57. The predicted molar refractivity (Wildman–Crippen MR) is 80.5 cm³/mol. The Kier molecular flexibility index (Phi) is 4.36. The van der Waals surface area contributed by atoms with Crippen LogP contribution in [-0.2, 0) is 16.1 Å². The lowest BCUT2D eigenvalue weighted by molar-refractivity contribution is -0.150. The van der Waals surface area contributed by atoms with Gasteiger partial charge in [0.2, 0.25) is 5.91 Å². The van der Waals surface area contributed by atoms with Gasteiger partial charge in [-0.15, -0.1) is 0 Å². The zero-order valence-corrected chi connectivity index (χ0v) is 13.1. The van der Waals surface area contributed by atoms with E-state index < -0.39 is 0 Å². The summed E-state index contributed by atoms with van der Waals surface area (Å²) in [6.45, 7) is 3.27. The molecule has 7 heteroatoms. The number of halogens is 2. The summed E-state index contributed by atoms with van der Waals surface area (Å²) < 4.78 is 5.76. The third-order valence-corrected chi connectivity index (χ3v) is 4.87. The molecular formula is C14H17Cl2N3O2. The van der Waals surface area contributed by atoms with E-state index in [1.54, 1.807) is 12.4 Å². The van der Waals surface area contributed by atoms with Crippen LogP contribution in [0.25, 0.3) is 0 Å². The van der Waals surface area contributed by atoms with Gasteiger partial charge in [0.1, 0.15) is 6.61 Å². The number of carbonyl (C=O) groups is 1. The number of hydrogen-bond acceptors (Lipinski definition) is 4. The number of carbonyl (C=O) groups excluding carboxylic acids is 1. The number of pyridine rings is 1. The fourth-order valence-electron chi connectivity index (χ4n) is 2.83. The zero-order valence-electron chi connectivity index (χ0n) is 11.6. The lowest BCUT2D eigenvalue weighted by Gasteiger charge is -2.43. The molecule has 1 aromatic rings. The van der Waals surface area contributed by atoms with E-state index >= 15 is 0 Å². The summed E-state index contributed by atoms with van der Waals surface area (Å²) in [5, 5.41) is 4.09. The van der Waals surface area contributed by atoms with Crippen molar-refractivity contribution in [1.29, 1.82) is 0 Å². The maximum absolute atomic E-state index is 11.2. The Hall–Kier alpha value is -0.880. The summed E-state index contributed by atoms with van der Waals surface area (Å²) in [7, 11) is 0. The molecule has 114 valence electrons. The molecule has 0 bridgehead atoms. The van der Waals surface area contributed by atoms with Gasteiger partial charge >= 0.3 is 0 Å². The summed E-state index contributed by atoms with van der Waals surface area (Å²) in [6, 6.07) is 0. The van der Waals surface area contributed by atoms with E-state index in [4.69, 9.17) is 27.9 Å². The van der Waals surface area contributed by atoms with E-state index in [1.807, 2.05) is 0 Å². The first-order chi connectivity index (χ1) is 10.1. The van der Waals surface area contributed by atoms with Gasteiger partial charge in [-0.3, -0.25) is 14.7 Å². The quantitative estimate of drug-likeness (QED) is 0.899. The van der Waals surface area contributed by atoms with Crippen molar-refractivity contribution < 1.29 is 9.53 Å². The molecule has 2 saturated heterocycles. The number of hydrogen-bond donors (Lipinski definition) is 1. The average Bonchev–Trinajstić information content (AvgIpc) is 2.49. The predicted octanol–water partition coefficient (Wildman–Crippen LogP) is 1.87. The van der Waals surface area contributed by atoms with Crippen molar-refractivity contribution in [3.63, 3.8) is 0 Å². The van der Waals surface area contributed by atoms with Crippen LogP contribution in [0.3, 0.4) is 0 Å². The fraction of sp³-hybridized carbons (Fsp3) is 0.571. The van der Waals surface area contributed by atoms with E-state index in [0.29, 0.717) is 23.1 Å². The molecular weight excluding hydrogens is 313 g/mol. The molecule has 0 atom stereocenters. The minimum atomic E-state index is -0.198. The Bertz CT molecular complexity index is 513. The fourth-order valence-corrected chi connectivity index (χ4v) is 3.32. The second-order valence-electron chi connectivity index (χ2n) is 5.61. The Labute approximate surface area is 133 Å². The largest absolute Gasteiger partial charge is 0.363 e. The van der Waals surface area contributed by atoms with Crippen LogP contribution in [0, 0.1) is 0 Å². The molecule has 21 heavy (non-hydrogen) atoms.